The lowest BCUT2D eigenvalue weighted by Crippen LogP contribution is -2.36. The standard InChI is InChI=1S/C12H16FNO4S/c1-3-6-14(8-12(15)16)19(17,18)10-5-4-9(2)11(13)7-10/h4-5,7H,3,6,8H2,1-2H3,(H,15,16). The molecule has 1 aromatic rings. The summed E-state index contributed by atoms with van der Waals surface area (Å²) in [5.41, 5.74) is 0.333. The van der Waals surface area contributed by atoms with E-state index in [-0.39, 0.29) is 11.4 Å². The van der Waals surface area contributed by atoms with E-state index in [1.54, 1.807) is 6.92 Å². The van der Waals surface area contributed by atoms with Crippen molar-refractivity contribution in [1.82, 2.24) is 4.31 Å². The van der Waals surface area contributed by atoms with E-state index < -0.39 is 28.4 Å². The Balaban J connectivity index is 3.18. The van der Waals surface area contributed by atoms with Gasteiger partial charge in [-0.2, -0.15) is 4.31 Å². The summed E-state index contributed by atoms with van der Waals surface area (Å²) in [5, 5.41) is 8.74. The first-order valence-electron chi connectivity index (χ1n) is 5.77. The van der Waals surface area contributed by atoms with Crippen LogP contribution in [0.15, 0.2) is 23.1 Å². The molecule has 1 rings (SSSR count). The monoisotopic (exact) mass is 289 g/mol. The second-order valence-corrected chi connectivity index (χ2v) is 6.08. The third-order valence-electron chi connectivity index (χ3n) is 2.57. The smallest absolute Gasteiger partial charge is 0.318 e. The van der Waals surface area contributed by atoms with Gasteiger partial charge in [-0.05, 0) is 31.0 Å². The van der Waals surface area contributed by atoms with Gasteiger partial charge in [0.25, 0.3) is 0 Å². The fraction of sp³-hybridized carbons (Fsp3) is 0.417. The highest BCUT2D eigenvalue weighted by Crippen LogP contribution is 2.18. The third-order valence-corrected chi connectivity index (χ3v) is 4.41. The molecule has 0 unspecified atom stereocenters. The molecule has 0 fully saturated rings. The molecule has 1 aromatic carbocycles. The maximum atomic E-state index is 13.4. The molecule has 0 atom stereocenters. The maximum absolute atomic E-state index is 13.4. The van der Waals surface area contributed by atoms with Crippen molar-refractivity contribution in [3.8, 4) is 0 Å². The van der Waals surface area contributed by atoms with Gasteiger partial charge in [0.15, 0.2) is 0 Å². The number of aryl methyl sites for hydroxylation is 1. The summed E-state index contributed by atoms with van der Waals surface area (Å²) in [6.07, 6.45) is 0.473. The van der Waals surface area contributed by atoms with Crippen molar-refractivity contribution in [3.63, 3.8) is 0 Å². The molecule has 0 saturated heterocycles. The Labute approximate surface area is 111 Å². The fourth-order valence-electron chi connectivity index (χ4n) is 1.57. The lowest BCUT2D eigenvalue weighted by molar-refractivity contribution is -0.137. The van der Waals surface area contributed by atoms with Gasteiger partial charge in [-0.1, -0.05) is 13.0 Å². The molecule has 5 nitrogen and oxygen atoms in total. The minimum absolute atomic E-state index is 0.0735. The van der Waals surface area contributed by atoms with E-state index in [0.717, 1.165) is 10.4 Å². The number of nitrogens with zero attached hydrogens (tertiary/aromatic N) is 1. The lowest BCUT2D eigenvalue weighted by atomic mass is 10.2. The number of hydrogen-bond donors (Lipinski definition) is 1. The normalized spacial score (nSPS) is 11.8. The Morgan fingerprint density at radius 2 is 2.05 bits per heavy atom. The molecule has 0 spiro atoms. The van der Waals surface area contributed by atoms with Gasteiger partial charge in [0.05, 0.1) is 4.90 Å². The molecule has 0 radical (unpaired) electrons. The van der Waals surface area contributed by atoms with Crippen molar-refractivity contribution in [3.05, 3.63) is 29.6 Å². The molecule has 0 aliphatic carbocycles. The molecule has 0 bridgehead atoms. The first-order valence-corrected chi connectivity index (χ1v) is 7.21. The largest absolute Gasteiger partial charge is 0.480 e. The van der Waals surface area contributed by atoms with Crippen LogP contribution in [0.4, 0.5) is 4.39 Å². The molecule has 0 aromatic heterocycles. The Morgan fingerprint density at radius 3 is 2.53 bits per heavy atom. The van der Waals surface area contributed by atoms with Crippen molar-refractivity contribution < 1.29 is 22.7 Å². The van der Waals surface area contributed by atoms with Crippen LogP contribution in [0.1, 0.15) is 18.9 Å². The van der Waals surface area contributed by atoms with E-state index in [2.05, 4.69) is 0 Å². The Morgan fingerprint density at radius 1 is 1.42 bits per heavy atom. The second kappa shape index (κ2) is 6.12. The van der Waals surface area contributed by atoms with Gasteiger partial charge in [0.2, 0.25) is 10.0 Å². The van der Waals surface area contributed by atoms with E-state index >= 15 is 0 Å². The first-order chi connectivity index (χ1) is 8.78. The van der Waals surface area contributed by atoms with Crippen molar-refractivity contribution in [2.24, 2.45) is 0 Å². The summed E-state index contributed by atoms with van der Waals surface area (Å²) in [5.74, 6) is -1.88. The number of aliphatic carboxylic acids is 1. The number of sulfonamides is 1. The van der Waals surface area contributed by atoms with Gasteiger partial charge >= 0.3 is 5.97 Å². The molecule has 0 aliphatic rings. The summed E-state index contributed by atoms with van der Waals surface area (Å²) < 4.78 is 38.7. The minimum atomic E-state index is -3.99. The van der Waals surface area contributed by atoms with Crippen LogP contribution in [-0.2, 0) is 14.8 Å². The summed E-state index contributed by atoms with van der Waals surface area (Å²) >= 11 is 0. The maximum Gasteiger partial charge on any atom is 0.318 e. The van der Waals surface area contributed by atoms with E-state index in [1.807, 2.05) is 0 Å². The van der Waals surface area contributed by atoms with Gasteiger partial charge in [0.1, 0.15) is 12.4 Å². The molecule has 0 amide bonds. The fourth-order valence-corrected chi connectivity index (χ4v) is 3.06. The number of carboxylic acid groups (broad SMARTS) is 1. The Hall–Kier alpha value is -1.47. The highest BCUT2D eigenvalue weighted by molar-refractivity contribution is 7.89. The number of carbonyl (C=O) groups is 1. The molecule has 106 valence electrons. The molecule has 1 N–H and O–H groups in total. The predicted molar refractivity (Wildman–Crippen MR) is 67.8 cm³/mol. The van der Waals surface area contributed by atoms with Crippen LogP contribution in [0.3, 0.4) is 0 Å². The number of benzene rings is 1. The Kier molecular flexibility index (Phi) is 5.02. The highest BCUT2D eigenvalue weighted by Gasteiger charge is 2.26. The summed E-state index contributed by atoms with van der Waals surface area (Å²) in [6.45, 7) is 2.70. The third kappa shape index (κ3) is 3.74. The zero-order valence-corrected chi connectivity index (χ0v) is 11.6. The zero-order valence-electron chi connectivity index (χ0n) is 10.8. The molecular weight excluding hydrogens is 273 g/mol. The van der Waals surface area contributed by atoms with Gasteiger partial charge in [0, 0.05) is 6.54 Å². The second-order valence-electron chi connectivity index (χ2n) is 4.14. The highest BCUT2D eigenvalue weighted by atomic mass is 32.2. The first kappa shape index (κ1) is 15.6. The number of carboxylic acids is 1. The van der Waals surface area contributed by atoms with Crippen molar-refractivity contribution in [2.75, 3.05) is 13.1 Å². The predicted octanol–water partition coefficient (Wildman–Crippen LogP) is 1.62. The van der Waals surface area contributed by atoms with Crippen molar-refractivity contribution in [1.29, 1.82) is 0 Å². The minimum Gasteiger partial charge on any atom is -0.480 e. The van der Waals surface area contributed by atoms with E-state index in [1.165, 1.54) is 19.1 Å². The van der Waals surface area contributed by atoms with Crippen molar-refractivity contribution in [2.45, 2.75) is 25.2 Å². The molecular formula is C12H16FNO4S. The summed E-state index contributed by atoms with van der Waals surface area (Å²) in [6, 6.07) is 3.54. The van der Waals surface area contributed by atoms with Gasteiger partial charge in [-0.15, -0.1) is 0 Å². The van der Waals surface area contributed by atoms with E-state index in [4.69, 9.17) is 5.11 Å². The van der Waals surface area contributed by atoms with E-state index in [0.29, 0.717) is 12.0 Å². The number of halogens is 1. The molecule has 0 aliphatic heterocycles. The van der Waals surface area contributed by atoms with Crippen molar-refractivity contribution >= 4 is 16.0 Å². The summed E-state index contributed by atoms with van der Waals surface area (Å²) in [4.78, 5) is 10.5. The van der Waals surface area contributed by atoms with Crippen LogP contribution < -0.4 is 0 Å². The zero-order chi connectivity index (χ0) is 14.6. The topological polar surface area (TPSA) is 74.7 Å². The van der Waals surface area contributed by atoms with Crippen LogP contribution in [0, 0.1) is 12.7 Å². The van der Waals surface area contributed by atoms with Crippen LogP contribution in [0.25, 0.3) is 0 Å². The SMILES string of the molecule is CCCN(CC(=O)O)S(=O)(=O)c1ccc(C)c(F)c1. The van der Waals surface area contributed by atoms with E-state index in [9.17, 15) is 17.6 Å². The molecule has 0 saturated carbocycles. The molecule has 19 heavy (non-hydrogen) atoms. The van der Waals surface area contributed by atoms with Crippen LogP contribution in [-0.4, -0.2) is 36.9 Å². The number of hydrogen-bond acceptors (Lipinski definition) is 3. The van der Waals surface area contributed by atoms with Gasteiger partial charge in [-0.3, -0.25) is 4.79 Å². The van der Waals surface area contributed by atoms with Crippen LogP contribution >= 0.6 is 0 Å². The number of rotatable bonds is 6. The molecule has 0 heterocycles. The lowest BCUT2D eigenvalue weighted by Gasteiger charge is -2.19. The average Bonchev–Trinajstić information content (AvgIpc) is 2.31. The molecule has 7 heteroatoms. The van der Waals surface area contributed by atoms with Crippen LogP contribution in [0.5, 0.6) is 0 Å². The quantitative estimate of drug-likeness (QED) is 0.863. The Bertz CT molecular complexity index is 571. The van der Waals surface area contributed by atoms with Gasteiger partial charge < -0.3 is 5.11 Å². The van der Waals surface area contributed by atoms with Gasteiger partial charge in [-0.25, -0.2) is 12.8 Å². The average molecular weight is 289 g/mol. The summed E-state index contributed by atoms with van der Waals surface area (Å²) in [7, 11) is -3.99. The van der Waals surface area contributed by atoms with Crippen LogP contribution in [0.2, 0.25) is 0 Å².